The number of likely N-dealkylation sites (tertiary alicyclic amines) is 3. The molecule has 4 amide bonds. The minimum absolute atomic E-state index is 0.0222. The monoisotopic (exact) mass is 595 g/mol. The van der Waals surface area contributed by atoms with E-state index in [1.54, 1.807) is 33.0 Å². The summed E-state index contributed by atoms with van der Waals surface area (Å²) in [7, 11) is 0. The van der Waals surface area contributed by atoms with Crippen LogP contribution in [0.5, 0.6) is 0 Å². The molecule has 11 heteroatoms. The van der Waals surface area contributed by atoms with E-state index in [1.807, 2.05) is 36.9 Å². The van der Waals surface area contributed by atoms with Gasteiger partial charge in [-0.15, -0.1) is 11.3 Å². The zero-order valence-electron chi connectivity index (χ0n) is 25.1. The van der Waals surface area contributed by atoms with Crippen LogP contribution in [0.3, 0.4) is 0 Å². The van der Waals surface area contributed by atoms with Gasteiger partial charge in [0.15, 0.2) is 0 Å². The molecule has 0 aromatic carbocycles. The van der Waals surface area contributed by atoms with Crippen molar-refractivity contribution in [3.05, 3.63) is 36.0 Å². The maximum absolute atomic E-state index is 13.8. The first-order chi connectivity index (χ1) is 19.9. The molecule has 3 aliphatic heterocycles. The molecule has 3 aliphatic rings. The van der Waals surface area contributed by atoms with E-state index in [4.69, 9.17) is 4.74 Å². The lowest BCUT2D eigenvalue weighted by molar-refractivity contribution is -0.145. The molecule has 1 N–H and O–H groups in total. The molecule has 3 fully saturated rings. The fourth-order valence-corrected chi connectivity index (χ4v) is 7.43. The Kier molecular flexibility index (Phi) is 8.44. The first kappa shape index (κ1) is 30.2. The van der Waals surface area contributed by atoms with E-state index in [9.17, 15) is 19.2 Å². The molecule has 2 aromatic rings. The van der Waals surface area contributed by atoms with Crippen LogP contribution in [0.4, 0.5) is 9.80 Å². The summed E-state index contributed by atoms with van der Waals surface area (Å²) in [6, 6.07) is 7.50. The highest BCUT2D eigenvalue weighted by atomic mass is 32.1. The lowest BCUT2D eigenvalue weighted by atomic mass is 9.77. The number of anilines is 1. The second kappa shape index (κ2) is 11.8. The van der Waals surface area contributed by atoms with Crippen LogP contribution in [-0.4, -0.2) is 87.4 Å². The van der Waals surface area contributed by atoms with E-state index < -0.39 is 17.1 Å². The van der Waals surface area contributed by atoms with Gasteiger partial charge in [-0.1, -0.05) is 6.07 Å². The van der Waals surface area contributed by atoms with Crippen LogP contribution >= 0.6 is 11.3 Å². The summed E-state index contributed by atoms with van der Waals surface area (Å²) in [6.07, 6.45) is 4.58. The molecule has 42 heavy (non-hydrogen) atoms. The zero-order chi connectivity index (χ0) is 30.2. The number of aromatic nitrogens is 1. The van der Waals surface area contributed by atoms with Crippen LogP contribution in [0.25, 0.3) is 10.6 Å². The minimum atomic E-state index is -0.673. The highest BCUT2D eigenvalue weighted by Crippen LogP contribution is 2.43. The third-order valence-corrected chi connectivity index (χ3v) is 9.39. The smallest absolute Gasteiger partial charge is 0.412 e. The van der Waals surface area contributed by atoms with E-state index in [-0.39, 0.29) is 29.8 Å². The van der Waals surface area contributed by atoms with Crippen molar-refractivity contribution in [3.8, 4) is 10.6 Å². The van der Waals surface area contributed by atoms with E-state index >= 15 is 0 Å². The van der Waals surface area contributed by atoms with Gasteiger partial charge in [-0.3, -0.25) is 34.5 Å². The van der Waals surface area contributed by atoms with Gasteiger partial charge >= 0.3 is 6.09 Å². The van der Waals surface area contributed by atoms with Crippen molar-refractivity contribution in [1.82, 2.24) is 19.7 Å². The molecule has 10 nitrogen and oxygen atoms in total. The Balaban J connectivity index is 1.28. The number of nitrogens with one attached hydrogen (secondary N) is 1. The van der Waals surface area contributed by atoms with Gasteiger partial charge in [0, 0.05) is 44.3 Å². The molecule has 0 aliphatic carbocycles. The Bertz CT molecular complexity index is 1350. The summed E-state index contributed by atoms with van der Waals surface area (Å²) in [4.78, 5) is 63.3. The Hall–Kier alpha value is -3.31. The lowest BCUT2D eigenvalue weighted by Crippen LogP contribution is -2.54. The van der Waals surface area contributed by atoms with Crippen molar-refractivity contribution in [2.24, 2.45) is 5.41 Å². The van der Waals surface area contributed by atoms with Crippen molar-refractivity contribution >= 4 is 40.2 Å². The summed E-state index contributed by atoms with van der Waals surface area (Å²) >= 11 is 1.30. The molecular weight excluding hydrogens is 554 g/mol. The normalized spacial score (nSPS) is 22.3. The Morgan fingerprint density at radius 1 is 1.14 bits per heavy atom. The van der Waals surface area contributed by atoms with Crippen molar-refractivity contribution in [3.63, 3.8) is 0 Å². The van der Waals surface area contributed by atoms with Gasteiger partial charge in [0.2, 0.25) is 11.8 Å². The van der Waals surface area contributed by atoms with Gasteiger partial charge in [0.25, 0.3) is 5.91 Å². The summed E-state index contributed by atoms with van der Waals surface area (Å²) in [6.45, 7) is 11.8. The van der Waals surface area contributed by atoms with Gasteiger partial charge in [-0.05, 0) is 85.0 Å². The van der Waals surface area contributed by atoms with Gasteiger partial charge in [0.1, 0.15) is 10.6 Å². The third-order valence-electron chi connectivity index (χ3n) is 8.32. The maximum Gasteiger partial charge on any atom is 0.412 e. The molecule has 0 radical (unpaired) electrons. The second-order valence-electron chi connectivity index (χ2n) is 12.9. The summed E-state index contributed by atoms with van der Waals surface area (Å²) in [5, 5.41) is 3.23. The molecule has 2 aromatic heterocycles. The van der Waals surface area contributed by atoms with Crippen molar-refractivity contribution in [2.45, 2.75) is 84.4 Å². The second-order valence-corrected chi connectivity index (χ2v) is 14.0. The first-order valence-corrected chi connectivity index (χ1v) is 15.6. The molecule has 5 heterocycles. The molecule has 0 bridgehead atoms. The quantitative estimate of drug-likeness (QED) is 0.484. The van der Waals surface area contributed by atoms with E-state index in [0.717, 1.165) is 42.8 Å². The average Bonchev–Trinajstić information content (AvgIpc) is 3.45. The average molecular weight is 596 g/mol. The summed E-state index contributed by atoms with van der Waals surface area (Å²) in [5.41, 5.74) is -0.144. The Morgan fingerprint density at radius 3 is 2.50 bits per heavy atom. The number of carbonyl (C=O) groups is 4. The van der Waals surface area contributed by atoms with Crippen molar-refractivity contribution in [2.75, 3.05) is 31.5 Å². The Labute approximate surface area is 251 Å². The molecular formula is C31H41N5O5S. The number of amides is 4. The highest BCUT2D eigenvalue weighted by molar-refractivity contribution is 7.20. The molecule has 0 saturated carbocycles. The number of rotatable bonds is 5. The number of hydrogen-bond donors (Lipinski definition) is 1. The van der Waals surface area contributed by atoms with Crippen molar-refractivity contribution < 1.29 is 23.9 Å². The fraction of sp³-hybridized carbons (Fsp3) is 0.581. The maximum atomic E-state index is 13.8. The molecule has 1 spiro atoms. The third kappa shape index (κ3) is 6.22. The number of piperidine rings is 2. The number of hydrogen-bond acceptors (Lipinski definition) is 8. The number of thiophene rings is 1. The summed E-state index contributed by atoms with van der Waals surface area (Å²) < 4.78 is 5.45. The Morgan fingerprint density at radius 2 is 1.88 bits per heavy atom. The van der Waals surface area contributed by atoms with E-state index in [0.29, 0.717) is 36.6 Å². The number of nitrogens with zero attached hydrogens (tertiary/aromatic N) is 4. The number of imide groups is 1. The van der Waals surface area contributed by atoms with Crippen LogP contribution < -0.4 is 5.32 Å². The van der Waals surface area contributed by atoms with Crippen LogP contribution in [0.2, 0.25) is 0 Å². The fourth-order valence-electron chi connectivity index (χ4n) is 6.42. The molecule has 3 saturated heterocycles. The SMILES string of the molecule is CC(C)N1C(=O)CC2(CCCN(C3CCN(C(=O)c4cc(-c5ccccn5)sc4NC(=O)OC(C)(C)C)CC3)C2)C1=O. The molecule has 1 atom stereocenters. The van der Waals surface area contributed by atoms with Gasteiger partial charge < -0.3 is 9.64 Å². The van der Waals surface area contributed by atoms with Gasteiger partial charge in [-0.25, -0.2) is 4.79 Å². The van der Waals surface area contributed by atoms with Gasteiger partial charge in [-0.2, -0.15) is 0 Å². The largest absolute Gasteiger partial charge is 0.444 e. The molecule has 226 valence electrons. The van der Waals surface area contributed by atoms with Crippen LogP contribution in [0, 0.1) is 5.41 Å². The van der Waals surface area contributed by atoms with E-state index in [1.165, 1.54) is 16.2 Å². The van der Waals surface area contributed by atoms with Crippen molar-refractivity contribution in [1.29, 1.82) is 0 Å². The number of pyridine rings is 1. The van der Waals surface area contributed by atoms with Crippen LogP contribution in [-0.2, 0) is 14.3 Å². The van der Waals surface area contributed by atoms with E-state index in [2.05, 4.69) is 15.2 Å². The number of carbonyl (C=O) groups excluding carboxylic acids is 4. The van der Waals surface area contributed by atoms with Gasteiger partial charge in [0.05, 0.1) is 21.5 Å². The standard InChI is InChI=1S/C31H41N5O5S/c1-20(2)36-25(37)18-31(28(36)39)12-8-14-35(19-31)21-10-15-34(16-11-21)27(38)22-17-24(23-9-6-7-13-32-23)42-26(22)33-29(40)41-30(3,4)5/h6-7,9,13,17,20-21H,8,10-12,14-16,18-19H2,1-5H3,(H,33,40). The number of ether oxygens (including phenoxy) is 1. The minimum Gasteiger partial charge on any atom is -0.444 e. The zero-order valence-corrected chi connectivity index (χ0v) is 26.0. The topological polar surface area (TPSA) is 112 Å². The lowest BCUT2D eigenvalue weighted by Gasteiger charge is -2.45. The first-order valence-electron chi connectivity index (χ1n) is 14.8. The predicted molar refractivity (Wildman–Crippen MR) is 161 cm³/mol. The molecule has 1 unspecified atom stereocenters. The highest BCUT2D eigenvalue weighted by Gasteiger charge is 2.54. The predicted octanol–water partition coefficient (Wildman–Crippen LogP) is 5.01. The van der Waals surface area contributed by atoms with Crippen LogP contribution in [0.1, 0.15) is 77.1 Å². The van der Waals surface area contributed by atoms with Crippen LogP contribution in [0.15, 0.2) is 30.5 Å². The molecule has 5 rings (SSSR count). The summed E-state index contributed by atoms with van der Waals surface area (Å²) in [5.74, 6) is -0.225.